The molecule has 0 saturated carbocycles. The van der Waals surface area contributed by atoms with Gasteiger partial charge in [-0.3, -0.25) is 0 Å². The molecule has 3 aromatic carbocycles. The lowest BCUT2D eigenvalue weighted by atomic mass is 9.92. The molecule has 0 aliphatic heterocycles. The maximum atomic E-state index is 6.94. The Balaban J connectivity index is 2.09. The lowest BCUT2D eigenvalue weighted by molar-refractivity contribution is 0.268. The molecule has 0 aliphatic rings. The smallest absolute Gasteiger partial charge is 0.128 e. The quantitative estimate of drug-likeness (QED) is 0.0582. The summed E-state index contributed by atoms with van der Waals surface area (Å²) in [6.07, 6.45) is 18.8. The molecule has 4 atom stereocenters. The number of halogens is 2. The lowest BCUT2D eigenvalue weighted by Gasteiger charge is -2.23. The zero-order valence-corrected chi connectivity index (χ0v) is 48.4. The fourth-order valence-corrected chi connectivity index (χ4v) is 9.53. The van der Waals surface area contributed by atoms with Gasteiger partial charge in [-0.15, -0.1) is 0 Å². The number of hydrogen-bond donors (Lipinski definition) is 0. The zero-order chi connectivity index (χ0) is 50.2. The Morgan fingerprint density at radius 2 is 0.603 bits per heavy atom. The van der Waals surface area contributed by atoms with Crippen molar-refractivity contribution in [2.75, 3.05) is 26.4 Å². The average Bonchev–Trinajstić information content (AvgIpc) is 3.25. The van der Waals surface area contributed by atoms with Crippen LogP contribution in [0.1, 0.15) is 208 Å². The van der Waals surface area contributed by atoms with Crippen LogP contribution in [0.15, 0.2) is 70.6 Å². The third-order valence-electron chi connectivity index (χ3n) is 13.7. The third kappa shape index (κ3) is 23.0. The van der Waals surface area contributed by atoms with Gasteiger partial charge >= 0.3 is 0 Å². The van der Waals surface area contributed by atoms with E-state index in [-0.39, 0.29) is 0 Å². The Labute approximate surface area is 434 Å². The fraction of sp³-hybridized carbons (Fsp3) is 0.645. The van der Waals surface area contributed by atoms with E-state index in [2.05, 4.69) is 163 Å². The minimum Gasteiger partial charge on any atom is -0.493 e. The molecule has 0 aromatic heterocycles. The Hall–Kier alpha value is -2.70. The molecular formula is C62H96Br2O4. The van der Waals surface area contributed by atoms with Gasteiger partial charge in [0, 0.05) is 31.2 Å². The standard InChI is InChI=1S/C62H96Br2O4/c1-43(2)19-15-23-47(9)31-35-65-59-39-53(63)27-29-55(59)51(13)57-41-62(68-38-34-50(12)26-18-22-46(7)8)58(42-61(57)67-37-33-49(11)25-17-21-45(5)6)52(14)56-30-28-54(64)40-60(56)66-36-32-48(10)24-16-20-44(3)4/h27-30,39-50H,13-26,31-38H2,1-12H3. The average molecular weight is 1070 g/mol. The summed E-state index contributed by atoms with van der Waals surface area (Å²) in [5.74, 6) is 8.41. The first-order chi connectivity index (χ1) is 32.3. The highest BCUT2D eigenvalue weighted by atomic mass is 79.9. The molecule has 68 heavy (non-hydrogen) atoms. The predicted molar refractivity (Wildman–Crippen MR) is 303 cm³/mol. The molecule has 382 valence electrons. The van der Waals surface area contributed by atoms with Crippen molar-refractivity contribution in [1.29, 1.82) is 0 Å². The van der Waals surface area contributed by atoms with E-state index >= 15 is 0 Å². The van der Waals surface area contributed by atoms with Gasteiger partial charge in [0.05, 0.1) is 26.4 Å². The van der Waals surface area contributed by atoms with Crippen molar-refractivity contribution in [3.05, 3.63) is 92.9 Å². The molecule has 0 aliphatic carbocycles. The van der Waals surface area contributed by atoms with E-state index in [1.54, 1.807) is 0 Å². The van der Waals surface area contributed by atoms with Crippen molar-refractivity contribution in [3.63, 3.8) is 0 Å². The van der Waals surface area contributed by atoms with Crippen molar-refractivity contribution in [3.8, 4) is 23.0 Å². The molecule has 0 saturated heterocycles. The highest BCUT2D eigenvalue weighted by Crippen LogP contribution is 2.44. The van der Waals surface area contributed by atoms with Crippen LogP contribution in [0, 0.1) is 47.3 Å². The first-order valence-electron chi connectivity index (χ1n) is 27.0. The Kier molecular flexibility index (Phi) is 28.3. The number of benzene rings is 3. The molecule has 4 nitrogen and oxygen atoms in total. The van der Waals surface area contributed by atoms with Gasteiger partial charge in [0.2, 0.25) is 0 Å². The molecule has 0 bridgehead atoms. The van der Waals surface area contributed by atoms with Gasteiger partial charge in [0.15, 0.2) is 0 Å². The lowest BCUT2D eigenvalue weighted by Crippen LogP contribution is -2.10. The van der Waals surface area contributed by atoms with Gasteiger partial charge in [0.25, 0.3) is 0 Å². The summed E-state index contributed by atoms with van der Waals surface area (Å²) >= 11 is 7.50. The second-order valence-electron chi connectivity index (χ2n) is 22.4. The van der Waals surface area contributed by atoms with Crippen LogP contribution in [0.25, 0.3) is 11.1 Å². The van der Waals surface area contributed by atoms with Gasteiger partial charge in [-0.05, 0) is 133 Å². The van der Waals surface area contributed by atoms with Gasteiger partial charge in [-0.2, -0.15) is 0 Å². The molecule has 0 N–H and O–H groups in total. The second kappa shape index (κ2) is 32.3. The van der Waals surface area contributed by atoms with Crippen molar-refractivity contribution in [2.45, 2.75) is 186 Å². The van der Waals surface area contributed by atoms with Crippen LogP contribution in [0.4, 0.5) is 0 Å². The summed E-state index contributed by atoms with van der Waals surface area (Å²) < 4.78 is 29.1. The largest absolute Gasteiger partial charge is 0.493 e. The SMILES string of the molecule is C=C(c1ccc(Br)cc1OCCC(C)CCCC(C)C)c1cc(OCCC(C)CCCC(C)C)c(C(=C)c2ccc(Br)cc2OCCC(C)CCCC(C)C)cc1OCCC(C)CCCC(C)C. The molecule has 0 radical (unpaired) electrons. The second-order valence-corrected chi connectivity index (χ2v) is 24.2. The molecule has 0 spiro atoms. The minimum atomic E-state index is 0.555. The van der Waals surface area contributed by atoms with E-state index in [1.165, 1.54) is 77.0 Å². The van der Waals surface area contributed by atoms with Gasteiger partial charge in [-0.25, -0.2) is 0 Å². The van der Waals surface area contributed by atoms with E-state index < -0.39 is 0 Å². The summed E-state index contributed by atoms with van der Waals surface area (Å²) in [6.45, 7) is 40.0. The van der Waals surface area contributed by atoms with Crippen molar-refractivity contribution in [2.24, 2.45) is 47.3 Å². The van der Waals surface area contributed by atoms with Gasteiger partial charge in [-0.1, -0.05) is 205 Å². The van der Waals surface area contributed by atoms with Crippen molar-refractivity contribution in [1.82, 2.24) is 0 Å². The molecule has 0 fully saturated rings. The Morgan fingerprint density at radius 1 is 0.353 bits per heavy atom. The van der Waals surface area contributed by atoms with Crippen molar-refractivity contribution < 1.29 is 18.9 Å². The van der Waals surface area contributed by atoms with Crippen LogP contribution in [0.3, 0.4) is 0 Å². The number of ether oxygens (including phenoxy) is 4. The van der Waals surface area contributed by atoms with E-state index in [4.69, 9.17) is 32.1 Å². The number of rotatable bonds is 36. The minimum absolute atomic E-state index is 0.555. The third-order valence-corrected chi connectivity index (χ3v) is 14.6. The molecular weight excluding hydrogens is 968 g/mol. The summed E-state index contributed by atoms with van der Waals surface area (Å²) in [7, 11) is 0. The van der Waals surface area contributed by atoms with E-state index in [9.17, 15) is 0 Å². The highest BCUT2D eigenvalue weighted by Gasteiger charge is 2.23. The molecule has 3 rings (SSSR count). The summed E-state index contributed by atoms with van der Waals surface area (Å²) in [5.41, 5.74) is 5.40. The van der Waals surface area contributed by atoms with Crippen LogP contribution in [0.2, 0.25) is 0 Å². The van der Waals surface area contributed by atoms with E-state index in [0.29, 0.717) is 50.1 Å². The highest BCUT2D eigenvalue weighted by molar-refractivity contribution is 9.10. The van der Waals surface area contributed by atoms with Crippen molar-refractivity contribution >= 4 is 43.0 Å². The molecule has 6 heteroatoms. The topological polar surface area (TPSA) is 36.9 Å². The summed E-state index contributed by atoms with van der Waals surface area (Å²) in [6, 6.07) is 16.9. The summed E-state index contributed by atoms with van der Waals surface area (Å²) in [4.78, 5) is 0. The zero-order valence-electron chi connectivity index (χ0n) is 45.2. The van der Waals surface area contributed by atoms with Gasteiger partial charge in [0.1, 0.15) is 23.0 Å². The van der Waals surface area contributed by atoms with E-state index in [0.717, 1.165) is 115 Å². The predicted octanol–water partition coefficient (Wildman–Crippen LogP) is 20.3. The van der Waals surface area contributed by atoms with Crippen LogP contribution in [-0.2, 0) is 0 Å². The van der Waals surface area contributed by atoms with E-state index in [1.807, 2.05) is 0 Å². The molecule has 0 amide bonds. The maximum absolute atomic E-state index is 6.94. The first-order valence-corrected chi connectivity index (χ1v) is 28.6. The molecule has 0 heterocycles. The van der Waals surface area contributed by atoms with Crippen LogP contribution in [-0.4, -0.2) is 26.4 Å². The van der Waals surface area contributed by atoms with Crippen LogP contribution < -0.4 is 18.9 Å². The maximum Gasteiger partial charge on any atom is 0.128 e. The molecule has 4 unspecified atom stereocenters. The van der Waals surface area contributed by atoms with Crippen LogP contribution in [0.5, 0.6) is 23.0 Å². The Morgan fingerprint density at radius 3 is 0.853 bits per heavy atom. The fourth-order valence-electron chi connectivity index (χ4n) is 8.85. The Bertz CT molecular complexity index is 1780. The monoisotopic (exact) mass is 1060 g/mol. The molecule has 3 aromatic rings. The summed E-state index contributed by atoms with van der Waals surface area (Å²) in [5, 5.41) is 0. The van der Waals surface area contributed by atoms with Gasteiger partial charge < -0.3 is 18.9 Å². The van der Waals surface area contributed by atoms with Crippen LogP contribution >= 0.6 is 31.9 Å². The normalized spacial score (nSPS) is 13.6. The first kappa shape index (κ1) is 59.6. The number of hydrogen-bond acceptors (Lipinski definition) is 4.